The molecule has 0 aliphatic heterocycles. The average molecular weight is 274 g/mol. The Morgan fingerprint density at radius 2 is 2.15 bits per heavy atom. The maximum atomic E-state index is 10.9. The number of benzene rings is 1. The van der Waals surface area contributed by atoms with Crippen molar-refractivity contribution in [1.29, 1.82) is 5.26 Å². The van der Waals surface area contributed by atoms with Gasteiger partial charge in [0.05, 0.1) is 11.3 Å². The fourth-order valence-electron chi connectivity index (χ4n) is 2.31. The van der Waals surface area contributed by atoms with Crippen LogP contribution in [0.5, 0.6) is 0 Å². The van der Waals surface area contributed by atoms with E-state index in [0.29, 0.717) is 18.0 Å². The molecule has 1 unspecified atom stereocenters. The predicted molar refractivity (Wildman–Crippen MR) is 79.6 cm³/mol. The Bertz CT molecular complexity index is 504. The van der Waals surface area contributed by atoms with E-state index in [4.69, 9.17) is 10.4 Å². The van der Waals surface area contributed by atoms with Gasteiger partial charge in [0.2, 0.25) is 0 Å². The van der Waals surface area contributed by atoms with Crippen LogP contribution in [-0.4, -0.2) is 17.6 Å². The third-order valence-electron chi connectivity index (χ3n) is 3.14. The molecule has 0 bridgehead atoms. The van der Waals surface area contributed by atoms with Gasteiger partial charge in [-0.2, -0.15) is 5.26 Å². The van der Waals surface area contributed by atoms with Crippen LogP contribution in [-0.2, 0) is 4.79 Å². The van der Waals surface area contributed by atoms with Gasteiger partial charge in [0.15, 0.2) is 0 Å². The summed E-state index contributed by atoms with van der Waals surface area (Å²) in [5.41, 5.74) is 2.41. The standard InChI is InChI=1S/C16H22N2O2/c1-11(2)6-13(8-16(19)20)10-18-15-5-4-12(3)7-14(15)9-17/h4-5,7,11,13,18H,6,8,10H2,1-3H3,(H,19,20). The summed E-state index contributed by atoms with van der Waals surface area (Å²) in [5, 5.41) is 21.3. The number of rotatable bonds is 7. The van der Waals surface area contributed by atoms with Crippen LogP contribution < -0.4 is 5.32 Å². The molecule has 0 saturated heterocycles. The van der Waals surface area contributed by atoms with Gasteiger partial charge in [-0.15, -0.1) is 0 Å². The number of hydrogen-bond acceptors (Lipinski definition) is 3. The van der Waals surface area contributed by atoms with Crippen molar-refractivity contribution in [2.75, 3.05) is 11.9 Å². The molecule has 0 heterocycles. The van der Waals surface area contributed by atoms with Gasteiger partial charge in [0.1, 0.15) is 6.07 Å². The normalized spacial score (nSPS) is 11.9. The predicted octanol–water partition coefficient (Wildman–Crippen LogP) is 3.42. The Morgan fingerprint density at radius 3 is 2.70 bits per heavy atom. The maximum absolute atomic E-state index is 10.9. The Labute approximate surface area is 120 Å². The Balaban J connectivity index is 2.72. The summed E-state index contributed by atoms with van der Waals surface area (Å²) in [5.74, 6) is -0.253. The van der Waals surface area contributed by atoms with E-state index in [0.717, 1.165) is 17.7 Å². The van der Waals surface area contributed by atoms with E-state index < -0.39 is 5.97 Å². The van der Waals surface area contributed by atoms with Gasteiger partial charge in [-0.3, -0.25) is 4.79 Å². The minimum Gasteiger partial charge on any atom is -0.481 e. The molecule has 0 aromatic heterocycles. The van der Waals surface area contributed by atoms with E-state index >= 15 is 0 Å². The SMILES string of the molecule is Cc1ccc(NCC(CC(=O)O)CC(C)C)c(C#N)c1. The molecular weight excluding hydrogens is 252 g/mol. The summed E-state index contributed by atoms with van der Waals surface area (Å²) in [4.78, 5) is 10.9. The molecule has 2 N–H and O–H groups in total. The molecule has 0 spiro atoms. The highest BCUT2D eigenvalue weighted by Gasteiger charge is 2.15. The van der Waals surface area contributed by atoms with Crippen LogP contribution in [0.25, 0.3) is 0 Å². The molecule has 20 heavy (non-hydrogen) atoms. The van der Waals surface area contributed by atoms with Crippen molar-refractivity contribution in [2.24, 2.45) is 11.8 Å². The lowest BCUT2D eigenvalue weighted by molar-refractivity contribution is -0.138. The molecule has 0 saturated carbocycles. The summed E-state index contributed by atoms with van der Waals surface area (Å²) in [6.45, 7) is 6.68. The lowest BCUT2D eigenvalue weighted by atomic mass is 9.94. The second-order valence-electron chi connectivity index (χ2n) is 5.64. The molecule has 1 aromatic carbocycles. The van der Waals surface area contributed by atoms with E-state index in [1.54, 1.807) is 0 Å². The fraction of sp³-hybridized carbons (Fsp3) is 0.500. The van der Waals surface area contributed by atoms with Crippen molar-refractivity contribution in [3.63, 3.8) is 0 Å². The summed E-state index contributed by atoms with van der Waals surface area (Å²) in [6, 6.07) is 7.81. The molecule has 108 valence electrons. The molecule has 1 aromatic rings. The van der Waals surface area contributed by atoms with Gasteiger partial charge in [-0.1, -0.05) is 19.9 Å². The molecule has 1 rings (SSSR count). The number of aliphatic carboxylic acids is 1. The van der Waals surface area contributed by atoms with Gasteiger partial charge >= 0.3 is 5.97 Å². The number of nitrogens with zero attached hydrogens (tertiary/aromatic N) is 1. The number of nitriles is 1. The van der Waals surface area contributed by atoms with Crippen molar-refractivity contribution in [2.45, 2.75) is 33.6 Å². The van der Waals surface area contributed by atoms with Crippen molar-refractivity contribution in [3.05, 3.63) is 29.3 Å². The molecule has 0 aliphatic rings. The Hall–Kier alpha value is -2.02. The topological polar surface area (TPSA) is 73.1 Å². The quantitative estimate of drug-likeness (QED) is 0.799. The largest absolute Gasteiger partial charge is 0.481 e. The van der Waals surface area contributed by atoms with Crippen molar-refractivity contribution < 1.29 is 9.90 Å². The number of nitrogens with one attached hydrogen (secondary N) is 1. The third-order valence-corrected chi connectivity index (χ3v) is 3.14. The summed E-state index contributed by atoms with van der Waals surface area (Å²) < 4.78 is 0. The van der Waals surface area contributed by atoms with Crippen molar-refractivity contribution in [3.8, 4) is 6.07 Å². The second-order valence-corrected chi connectivity index (χ2v) is 5.64. The zero-order valence-electron chi connectivity index (χ0n) is 12.3. The van der Waals surface area contributed by atoms with E-state index in [1.807, 2.05) is 25.1 Å². The van der Waals surface area contributed by atoms with Crippen LogP contribution >= 0.6 is 0 Å². The molecule has 0 amide bonds. The van der Waals surface area contributed by atoms with Gasteiger partial charge in [-0.25, -0.2) is 0 Å². The zero-order valence-corrected chi connectivity index (χ0v) is 12.3. The summed E-state index contributed by atoms with van der Waals surface area (Å²) in [7, 11) is 0. The molecule has 0 fully saturated rings. The van der Waals surface area contributed by atoms with E-state index in [1.165, 1.54) is 0 Å². The van der Waals surface area contributed by atoms with E-state index in [9.17, 15) is 4.79 Å². The molecule has 4 nitrogen and oxygen atoms in total. The van der Waals surface area contributed by atoms with Gasteiger partial charge in [0, 0.05) is 13.0 Å². The first-order chi connectivity index (χ1) is 9.42. The first-order valence-electron chi connectivity index (χ1n) is 6.88. The van der Waals surface area contributed by atoms with E-state index in [-0.39, 0.29) is 12.3 Å². The van der Waals surface area contributed by atoms with Gasteiger partial charge < -0.3 is 10.4 Å². The number of hydrogen-bond donors (Lipinski definition) is 2. The zero-order chi connectivity index (χ0) is 15.1. The molecule has 1 atom stereocenters. The summed E-state index contributed by atoms with van der Waals surface area (Å²) in [6.07, 6.45) is 1.01. The third kappa shape index (κ3) is 5.31. The lowest BCUT2D eigenvalue weighted by Gasteiger charge is -2.19. The van der Waals surface area contributed by atoms with Crippen LogP contribution in [0, 0.1) is 30.1 Å². The van der Waals surface area contributed by atoms with Crippen LogP contribution in [0.3, 0.4) is 0 Å². The molecule has 0 aliphatic carbocycles. The molecule has 4 heteroatoms. The minimum atomic E-state index is -0.776. The van der Waals surface area contributed by atoms with Crippen LogP contribution in [0.15, 0.2) is 18.2 Å². The molecule has 0 radical (unpaired) electrons. The Kier molecular flexibility index (Phi) is 6.05. The minimum absolute atomic E-state index is 0.0698. The maximum Gasteiger partial charge on any atom is 0.303 e. The fourth-order valence-corrected chi connectivity index (χ4v) is 2.31. The van der Waals surface area contributed by atoms with Crippen LogP contribution in [0.1, 0.15) is 37.8 Å². The number of carbonyl (C=O) groups is 1. The van der Waals surface area contributed by atoms with Gasteiger partial charge in [0.25, 0.3) is 0 Å². The van der Waals surface area contributed by atoms with E-state index in [2.05, 4.69) is 25.2 Å². The van der Waals surface area contributed by atoms with Crippen molar-refractivity contribution in [1.82, 2.24) is 0 Å². The first kappa shape index (κ1) is 16.0. The average Bonchev–Trinajstić information content (AvgIpc) is 2.35. The smallest absolute Gasteiger partial charge is 0.303 e. The summed E-state index contributed by atoms with van der Waals surface area (Å²) >= 11 is 0. The number of carboxylic acids is 1. The highest BCUT2D eigenvalue weighted by molar-refractivity contribution is 5.67. The highest BCUT2D eigenvalue weighted by Crippen LogP contribution is 2.20. The second kappa shape index (κ2) is 7.54. The number of anilines is 1. The van der Waals surface area contributed by atoms with Crippen LogP contribution in [0.2, 0.25) is 0 Å². The van der Waals surface area contributed by atoms with Gasteiger partial charge in [-0.05, 0) is 42.9 Å². The first-order valence-corrected chi connectivity index (χ1v) is 6.88. The number of carboxylic acid groups (broad SMARTS) is 1. The van der Waals surface area contributed by atoms with Crippen molar-refractivity contribution >= 4 is 11.7 Å². The Morgan fingerprint density at radius 1 is 1.45 bits per heavy atom. The van der Waals surface area contributed by atoms with Crippen LogP contribution in [0.4, 0.5) is 5.69 Å². The lowest BCUT2D eigenvalue weighted by Crippen LogP contribution is -2.20. The highest BCUT2D eigenvalue weighted by atomic mass is 16.4. The monoisotopic (exact) mass is 274 g/mol. The molecular formula is C16H22N2O2. The number of aryl methyl sites for hydroxylation is 1.